The Balaban J connectivity index is 2.20. The number of carbonyl (C=O) groups is 1. The van der Waals surface area contributed by atoms with Gasteiger partial charge in [-0.3, -0.25) is 4.79 Å². The molecule has 2 aromatic rings. The van der Waals surface area contributed by atoms with Gasteiger partial charge in [-0.2, -0.15) is 0 Å². The first kappa shape index (κ1) is 14.6. The van der Waals surface area contributed by atoms with Gasteiger partial charge in [-0.15, -0.1) is 0 Å². The number of nitrogens with one attached hydrogen (secondary N) is 1. The summed E-state index contributed by atoms with van der Waals surface area (Å²) in [5, 5.41) is 12.2. The SMILES string of the molecule is O=C(Nc1ccc(I)c(Br)c1)c1ccc(O)c(Cl)c1. The van der Waals surface area contributed by atoms with Crippen molar-refractivity contribution < 1.29 is 9.90 Å². The Hall–Kier alpha value is -0.790. The molecule has 0 aliphatic rings. The molecule has 3 nitrogen and oxygen atoms in total. The van der Waals surface area contributed by atoms with Crippen molar-refractivity contribution in [3.63, 3.8) is 0 Å². The normalized spacial score (nSPS) is 10.3. The van der Waals surface area contributed by atoms with E-state index in [1.54, 1.807) is 0 Å². The van der Waals surface area contributed by atoms with Gasteiger partial charge in [-0.25, -0.2) is 0 Å². The average molecular weight is 452 g/mol. The summed E-state index contributed by atoms with van der Waals surface area (Å²) in [6, 6.07) is 9.85. The number of benzene rings is 2. The lowest BCUT2D eigenvalue weighted by molar-refractivity contribution is 0.102. The molecule has 6 heteroatoms. The molecule has 0 unspecified atom stereocenters. The molecule has 2 N–H and O–H groups in total. The number of carbonyl (C=O) groups excluding carboxylic acids is 1. The van der Waals surface area contributed by atoms with E-state index in [1.807, 2.05) is 18.2 Å². The van der Waals surface area contributed by atoms with Crippen molar-refractivity contribution in [2.75, 3.05) is 5.32 Å². The quantitative estimate of drug-likeness (QED) is 0.651. The van der Waals surface area contributed by atoms with Crippen LogP contribution >= 0.6 is 50.1 Å². The lowest BCUT2D eigenvalue weighted by atomic mass is 10.2. The van der Waals surface area contributed by atoms with Crippen LogP contribution < -0.4 is 5.32 Å². The topological polar surface area (TPSA) is 49.3 Å². The Morgan fingerprint density at radius 2 is 2.00 bits per heavy atom. The zero-order chi connectivity index (χ0) is 14.0. The Labute approximate surface area is 137 Å². The maximum Gasteiger partial charge on any atom is 0.255 e. The summed E-state index contributed by atoms with van der Waals surface area (Å²) in [5.74, 6) is -0.328. The van der Waals surface area contributed by atoms with E-state index in [2.05, 4.69) is 43.8 Å². The highest BCUT2D eigenvalue weighted by atomic mass is 127. The van der Waals surface area contributed by atoms with E-state index < -0.39 is 0 Å². The second-order valence-corrected chi connectivity index (χ2v) is 6.17. The molecule has 2 aromatic carbocycles. The monoisotopic (exact) mass is 451 g/mol. The zero-order valence-electron chi connectivity index (χ0n) is 9.45. The molecule has 0 bridgehead atoms. The molecule has 0 aliphatic carbocycles. The Kier molecular flexibility index (Phi) is 4.70. The first-order chi connectivity index (χ1) is 8.97. The third-order valence-corrected chi connectivity index (χ3v) is 5.03. The maximum atomic E-state index is 12.0. The number of rotatable bonds is 2. The van der Waals surface area contributed by atoms with Crippen LogP contribution in [0.4, 0.5) is 5.69 Å². The number of phenols is 1. The van der Waals surface area contributed by atoms with Crippen LogP contribution in [-0.4, -0.2) is 11.0 Å². The fourth-order valence-electron chi connectivity index (χ4n) is 1.43. The Morgan fingerprint density at radius 1 is 1.26 bits per heavy atom. The summed E-state index contributed by atoms with van der Waals surface area (Å²) >= 11 is 11.4. The Bertz CT molecular complexity index is 649. The third-order valence-electron chi connectivity index (χ3n) is 2.39. The molecule has 2 rings (SSSR count). The van der Waals surface area contributed by atoms with Crippen molar-refractivity contribution in [3.8, 4) is 5.75 Å². The van der Waals surface area contributed by atoms with Crippen LogP contribution in [0.1, 0.15) is 10.4 Å². The van der Waals surface area contributed by atoms with Crippen LogP contribution in [0.5, 0.6) is 5.75 Å². The van der Waals surface area contributed by atoms with E-state index in [1.165, 1.54) is 18.2 Å². The fourth-order valence-corrected chi connectivity index (χ4v) is 2.32. The lowest BCUT2D eigenvalue weighted by Crippen LogP contribution is -2.11. The third kappa shape index (κ3) is 3.61. The molecule has 0 heterocycles. The maximum absolute atomic E-state index is 12.0. The number of hydrogen-bond donors (Lipinski definition) is 2. The van der Waals surface area contributed by atoms with E-state index in [9.17, 15) is 9.90 Å². The highest BCUT2D eigenvalue weighted by Crippen LogP contribution is 2.25. The molecule has 0 saturated carbocycles. The molecule has 0 aliphatic heterocycles. The minimum absolute atomic E-state index is 0.0461. The van der Waals surface area contributed by atoms with E-state index >= 15 is 0 Å². The first-order valence-electron chi connectivity index (χ1n) is 5.22. The van der Waals surface area contributed by atoms with Gasteiger partial charge in [0.1, 0.15) is 5.75 Å². The van der Waals surface area contributed by atoms with Crippen molar-refractivity contribution in [2.45, 2.75) is 0 Å². The molecule has 0 fully saturated rings. The molecular formula is C13H8BrClINO2. The first-order valence-corrected chi connectivity index (χ1v) is 7.47. The van der Waals surface area contributed by atoms with Crippen LogP contribution in [0.3, 0.4) is 0 Å². The summed E-state index contributed by atoms with van der Waals surface area (Å²) < 4.78 is 1.97. The molecule has 98 valence electrons. The number of aromatic hydroxyl groups is 1. The average Bonchev–Trinajstić information content (AvgIpc) is 2.37. The fraction of sp³-hybridized carbons (Fsp3) is 0. The van der Waals surface area contributed by atoms with Crippen molar-refractivity contribution in [2.24, 2.45) is 0 Å². The largest absolute Gasteiger partial charge is 0.506 e. The molecule has 0 radical (unpaired) electrons. The minimum atomic E-state index is -0.282. The molecule has 0 aromatic heterocycles. The van der Waals surface area contributed by atoms with Gasteiger partial charge in [0.2, 0.25) is 0 Å². The van der Waals surface area contributed by atoms with Gasteiger partial charge in [0.25, 0.3) is 5.91 Å². The number of phenolic OH excluding ortho intramolecular Hbond substituents is 1. The van der Waals surface area contributed by atoms with Crippen LogP contribution in [0.25, 0.3) is 0 Å². The molecule has 19 heavy (non-hydrogen) atoms. The Morgan fingerprint density at radius 3 is 2.63 bits per heavy atom. The van der Waals surface area contributed by atoms with Gasteiger partial charge in [-0.05, 0) is 74.9 Å². The second kappa shape index (κ2) is 6.11. The number of anilines is 1. The van der Waals surface area contributed by atoms with Crippen LogP contribution in [0.15, 0.2) is 40.9 Å². The molecule has 0 spiro atoms. The summed E-state index contributed by atoms with van der Waals surface area (Å²) in [6.07, 6.45) is 0. The molecule has 0 atom stereocenters. The lowest BCUT2D eigenvalue weighted by Gasteiger charge is -2.07. The highest BCUT2D eigenvalue weighted by molar-refractivity contribution is 14.1. The second-order valence-electron chi connectivity index (χ2n) is 3.75. The van der Waals surface area contributed by atoms with Crippen LogP contribution in [0, 0.1) is 3.57 Å². The van der Waals surface area contributed by atoms with Crippen molar-refractivity contribution in [1.82, 2.24) is 0 Å². The van der Waals surface area contributed by atoms with Crippen LogP contribution in [-0.2, 0) is 0 Å². The predicted molar refractivity (Wildman–Crippen MR) is 87.9 cm³/mol. The van der Waals surface area contributed by atoms with Crippen molar-refractivity contribution in [1.29, 1.82) is 0 Å². The molecule has 0 saturated heterocycles. The molecular weight excluding hydrogens is 444 g/mol. The van der Waals surface area contributed by atoms with Gasteiger partial charge < -0.3 is 10.4 Å². The van der Waals surface area contributed by atoms with Crippen LogP contribution in [0.2, 0.25) is 5.02 Å². The van der Waals surface area contributed by atoms with Crippen molar-refractivity contribution >= 4 is 61.7 Å². The summed E-state index contributed by atoms with van der Waals surface area (Å²) in [4.78, 5) is 12.0. The highest BCUT2D eigenvalue weighted by Gasteiger charge is 2.09. The van der Waals surface area contributed by atoms with E-state index in [-0.39, 0.29) is 16.7 Å². The number of amides is 1. The van der Waals surface area contributed by atoms with E-state index in [0.717, 1.165) is 8.04 Å². The summed E-state index contributed by atoms with van der Waals surface area (Å²) in [7, 11) is 0. The number of halogens is 3. The van der Waals surface area contributed by atoms with Crippen molar-refractivity contribution in [3.05, 3.63) is 55.0 Å². The van der Waals surface area contributed by atoms with Gasteiger partial charge >= 0.3 is 0 Å². The van der Waals surface area contributed by atoms with Gasteiger partial charge in [0, 0.05) is 19.3 Å². The number of hydrogen-bond acceptors (Lipinski definition) is 2. The summed E-state index contributed by atoms with van der Waals surface area (Å²) in [5.41, 5.74) is 1.07. The van der Waals surface area contributed by atoms with E-state index in [0.29, 0.717) is 11.3 Å². The standard InChI is InChI=1S/C13H8BrClINO2/c14-9-6-8(2-3-11(9)16)17-13(19)7-1-4-12(18)10(15)5-7/h1-6,18H,(H,17,19). The predicted octanol–water partition coefficient (Wildman–Crippen LogP) is 4.67. The van der Waals surface area contributed by atoms with Gasteiger partial charge in [0.15, 0.2) is 0 Å². The van der Waals surface area contributed by atoms with Gasteiger partial charge in [0.05, 0.1) is 5.02 Å². The smallest absolute Gasteiger partial charge is 0.255 e. The van der Waals surface area contributed by atoms with E-state index in [4.69, 9.17) is 11.6 Å². The molecule has 1 amide bonds. The van der Waals surface area contributed by atoms with Gasteiger partial charge in [-0.1, -0.05) is 11.6 Å². The summed E-state index contributed by atoms with van der Waals surface area (Å²) in [6.45, 7) is 0. The zero-order valence-corrected chi connectivity index (χ0v) is 14.0. The minimum Gasteiger partial charge on any atom is -0.506 e.